The zero-order chi connectivity index (χ0) is 20.9. The number of aliphatic carboxylic acids is 1. The monoisotopic (exact) mass is 387 g/mol. The van der Waals surface area contributed by atoms with Crippen LogP contribution in [0.3, 0.4) is 0 Å². The normalized spacial score (nSPS) is 12.2. The Morgan fingerprint density at radius 3 is 1.79 bits per heavy atom. The first-order valence-corrected chi connectivity index (χ1v) is 9.61. The van der Waals surface area contributed by atoms with Crippen LogP contribution in [0.15, 0.2) is 84.9 Å². The minimum Gasteiger partial charge on any atom is -0.480 e. The van der Waals surface area contributed by atoms with E-state index in [0.717, 1.165) is 22.3 Å². The van der Waals surface area contributed by atoms with Gasteiger partial charge in [0.05, 0.1) is 5.41 Å². The molecule has 4 nitrogen and oxygen atoms in total. The summed E-state index contributed by atoms with van der Waals surface area (Å²) < 4.78 is 0. The number of benzene rings is 3. The van der Waals surface area contributed by atoms with Crippen LogP contribution in [0, 0.1) is 6.92 Å². The lowest BCUT2D eigenvalue weighted by atomic mass is 9.75. The van der Waals surface area contributed by atoms with Crippen LogP contribution in [0.25, 0.3) is 0 Å². The number of carboxylic acids is 1. The van der Waals surface area contributed by atoms with Crippen molar-refractivity contribution in [3.8, 4) is 0 Å². The number of nitrogens with one attached hydrogen (secondary N) is 1. The summed E-state index contributed by atoms with van der Waals surface area (Å²) in [5, 5.41) is 12.5. The van der Waals surface area contributed by atoms with Crippen molar-refractivity contribution < 1.29 is 14.7 Å². The molecule has 3 aromatic carbocycles. The molecule has 1 atom stereocenters. The molecule has 0 spiro atoms. The molecule has 2 N–H and O–H groups in total. The molecular formula is C25H25NO3. The van der Waals surface area contributed by atoms with Crippen LogP contribution < -0.4 is 5.32 Å². The maximum absolute atomic E-state index is 13.5. The zero-order valence-electron chi connectivity index (χ0n) is 16.6. The molecule has 0 aliphatic rings. The maximum atomic E-state index is 13.5. The SMILES string of the molecule is Cc1ccc(C[C@H](NC(=O)C(C)(c2ccccc2)c2ccccc2)C(=O)O)cc1. The highest BCUT2D eigenvalue weighted by atomic mass is 16.4. The summed E-state index contributed by atoms with van der Waals surface area (Å²) in [6.07, 6.45) is 0.223. The van der Waals surface area contributed by atoms with E-state index in [2.05, 4.69) is 5.32 Å². The molecule has 0 saturated heterocycles. The van der Waals surface area contributed by atoms with Gasteiger partial charge in [0.2, 0.25) is 5.91 Å². The second-order valence-corrected chi connectivity index (χ2v) is 7.41. The van der Waals surface area contributed by atoms with Gasteiger partial charge in [-0.15, -0.1) is 0 Å². The van der Waals surface area contributed by atoms with Crippen LogP contribution in [-0.2, 0) is 21.4 Å². The van der Waals surface area contributed by atoms with Gasteiger partial charge in [-0.1, -0.05) is 90.5 Å². The fourth-order valence-electron chi connectivity index (χ4n) is 3.43. The number of carbonyl (C=O) groups is 2. The first-order chi connectivity index (χ1) is 13.9. The summed E-state index contributed by atoms with van der Waals surface area (Å²) in [4.78, 5) is 25.3. The Kier molecular flexibility index (Phi) is 6.13. The minimum absolute atomic E-state index is 0.223. The molecule has 29 heavy (non-hydrogen) atoms. The predicted molar refractivity (Wildman–Crippen MR) is 114 cm³/mol. The molecule has 148 valence electrons. The van der Waals surface area contributed by atoms with Crippen molar-refractivity contribution in [1.82, 2.24) is 5.32 Å². The van der Waals surface area contributed by atoms with E-state index < -0.39 is 17.4 Å². The molecule has 0 unspecified atom stereocenters. The highest BCUT2D eigenvalue weighted by Crippen LogP contribution is 2.32. The van der Waals surface area contributed by atoms with Gasteiger partial charge in [-0.05, 0) is 30.5 Å². The van der Waals surface area contributed by atoms with Gasteiger partial charge in [0.25, 0.3) is 0 Å². The number of carbonyl (C=O) groups excluding carboxylic acids is 1. The van der Waals surface area contributed by atoms with Gasteiger partial charge in [-0.3, -0.25) is 4.79 Å². The molecule has 0 bridgehead atoms. The lowest BCUT2D eigenvalue weighted by Crippen LogP contribution is -2.50. The van der Waals surface area contributed by atoms with Gasteiger partial charge in [0, 0.05) is 6.42 Å². The predicted octanol–water partition coefficient (Wildman–Crippen LogP) is 4.11. The zero-order valence-corrected chi connectivity index (χ0v) is 16.6. The lowest BCUT2D eigenvalue weighted by molar-refractivity contribution is -0.142. The van der Waals surface area contributed by atoms with Crippen molar-refractivity contribution in [2.24, 2.45) is 0 Å². The summed E-state index contributed by atoms with van der Waals surface area (Å²) in [6.45, 7) is 3.81. The average Bonchev–Trinajstić information content (AvgIpc) is 2.75. The summed E-state index contributed by atoms with van der Waals surface area (Å²) >= 11 is 0. The number of hydrogen-bond donors (Lipinski definition) is 2. The topological polar surface area (TPSA) is 66.4 Å². The van der Waals surface area contributed by atoms with Gasteiger partial charge in [-0.2, -0.15) is 0 Å². The second-order valence-electron chi connectivity index (χ2n) is 7.41. The Balaban J connectivity index is 1.92. The number of aryl methyl sites for hydroxylation is 1. The smallest absolute Gasteiger partial charge is 0.326 e. The van der Waals surface area contributed by atoms with Crippen LogP contribution in [0.1, 0.15) is 29.2 Å². The van der Waals surface area contributed by atoms with E-state index in [4.69, 9.17) is 0 Å². The summed E-state index contributed by atoms with van der Waals surface area (Å²) in [5.74, 6) is -1.39. The van der Waals surface area contributed by atoms with Gasteiger partial charge in [0.1, 0.15) is 6.04 Å². The molecule has 0 aliphatic carbocycles. The highest BCUT2D eigenvalue weighted by molar-refractivity contribution is 5.94. The minimum atomic E-state index is -1.05. The largest absolute Gasteiger partial charge is 0.480 e. The molecule has 3 aromatic rings. The van der Waals surface area contributed by atoms with Crippen molar-refractivity contribution in [1.29, 1.82) is 0 Å². The molecule has 0 aliphatic heterocycles. The van der Waals surface area contributed by atoms with E-state index in [1.54, 1.807) is 0 Å². The first kappa shape index (κ1) is 20.3. The van der Waals surface area contributed by atoms with Gasteiger partial charge >= 0.3 is 5.97 Å². The molecule has 1 amide bonds. The van der Waals surface area contributed by atoms with E-state index >= 15 is 0 Å². The van der Waals surface area contributed by atoms with E-state index in [9.17, 15) is 14.7 Å². The summed E-state index contributed by atoms with van der Waals surface area (Å²) in [6, 6.07) is 25.5. The Morgan fingerprint density at radius 1 is 0.862 bits per heavy atom. The van der Waals surface area contributed by atoms with E-state index in [0.29, 0.717) is 0 Å². The van der Waals surface area contributed by atoms with Crippen molar-refractivity contribution in [3.63, 3.8) is 0 Å². The van der Waals surface area contributed by atoms with E-state index in [1.165, 1.54) is 0 Å². The highest BCUT2D eigenvalue weighted by Gasteiger charge is 2.38. The van der Waals surface area contributed by atoms with Crippen molar-refractivity contribution in [2.75, 3.05) is 0 Å². The third-order valence-electron chi connectivity index (χ3n) is 5.32. The van der Waals surface area contributed by atoms with Crippen molar-refractivity contribution >= 4 is 11.9 Å². The third kappa shape index (κ3) is 4.54. The summed E-state index contributed by atoms with van der Waals surface area (Å²) in [7, 11) is 0. The number of carboxylic acid groups (broad SMARTS) is 1. The fraction of sp³-hybridized carbons (Fsp3) is 0.200. The standard InChI is InChI=1S/C25H25NO3/c1-18-13-15-19(16-14-18)17-22(23(27)28)26-24(29)25(2,20-9-5-3-6-10-20)21-11-7-4-8-12-21/h3-16,22H,17H2,1-2H3,(H,26,29)(H,27,28)/t22-/m0/s1. The van der Waals surface area contributed by atoms with Crippen molar-refractivity contribution in [2.45, 2.75) is 31.7 Å². The number of rotatable bonds is 7. The molecule has 0 heterocycles. The summed E-state index contributed by atoms with van der Waals surface area (Å²) in [5.41, 5.74) is 2.57. The lowest BCUT2D eigenvalue weighted by Gasteiger charge is -2.31. The maximum Gasteiger partial charge on any atom is 0.326 e. The molecule has 0 fully saturated rings. The Bertz CT molecular complexity index is 926. The van der Waals surface area contributed by atoms with Gasteiger partial charge < -0.3 is 10.4 Å². The van der Waals surface area contributed by atoms with Crippen LogP contribution in [0.5, 0.6) is 0 Å². The van der Waals surface area contributed by atoms with Crippen LogP contribution >= 0.6 is 0 Å². The molecule has 4 heteroatoms. The Labute approximate surface area is 171 Å². The number of amides is 1. The van der Waals surface area contributed by atoms with Crippen LogP contribution in [0.4, 0.5) is 0 Å². The fourth-order valence-corrected chi connectivity index (χ4v) is 3.43. The quantitative estimate of drug-likeness (QED) is 0.641. The average molecular weight is 387 g/mol. The van der Waals surface area contributed by atoms with Crippen LogP contribution in [0.2, 0.25) is 0 Å². The van der Waals surface area contributed by atoms with Crippen molar-refractivity contribution in [3.05, 3.63) is 107 Å². The second kappa shape index (κ2) is 8.74. The van der Waals surface area contributed by atoms with E-state index in [1.807, 2.05) is 98.8 Å². The number of hydrogen-bond acceptors (Lipinski definition) is 2. The molecule has 0 radical (unpaired) electrons. The molecule has 3 rings (SSSR count). The Morgan fingerprint density at radius 2 is 1.34 bits per heavy atom. The third-order valence-corrected chi connectivity index (χ3v) is 5.32. The van der Waals surface area contributed by atoms with Crippen LogP contribution in [-0.4, -0.2) is 23.0 Å². The molecule has 0 aromatic heterocycles. The van der Waals surface area contributed by atoms with Gasteiger partial charge in [0.15, 0.2) is 0 Å². The molecule has 0 saturated carbocycles. The van der Waals surface area contributed by atoms with E-state index in [-0.39, 0.29) is 12.3 Å². The molecular weight excluding hydrogens is 362 g/mol. The Hall–Kier alpha value is -3.40. The van der Waals surface area contributed by atoms with Gasteiger partial charge in [-0.25, -0.2) is 4.79 Å². The first-order valence-electron chi connectivity index (χ1n) is 9.61.